The monoisotopic (exact) mass is 391 g/mol. The molecule has 1 aromatic heterocycles. The molecule has 0 atom stereocenters. The summed E-state index contributed by atoms with van der Waals surface area (Å²) in [5.74, 6) is 0.741. The van der Waals surface area contributed by atoms with E-state index >= 15 is 0 Å². The first-order chi connectivity index (χ1) is 14.1. The molecule has 0 bridgehead atoms. The summed E-state index contributed by atoms with van der Waals surface area (Å²) in [7, 11) is 0. The van der Waals surface area contributed by atoms with Gasteiger partial charge in [-0.2, -0.15) is 0 Å². The van der Waals surface area contributed by atoms with Crippen LogP contribution in [0, 0.1) is 6.92 Å². The van der Waals surface area contributed by atoms with E-state index in [9.17, 15) is 9.59 Å². The minimum absolute atomic E-state index is 0.115. The van der Waals surface area contributed by atoms with E-state index in [4.69, 9.17) is 13.9 Å². The Labute approximate surface area is 168 Å². The zero-order chi connectivity index (χ0) is 20.0. The Kier molecular flexibility index (Phi) is 4.17. The summed E-state index contributed by atoms with van der Waals surface area (Å²) in [5, 5.41) is 0.667. The molecule has 3 heterocycles. The van der Waals surface area contributed by atoms with E-state index < -0.39 is 5.54 Å². The number of ether oxygens (including phenoxy) is 2. The van der Waals surface area contributed by atoms with Crippen LogP contribution >= 0.6 is 0 Å². The van der Waals surface area contributed by atoms with Gasteiger partial charge in [-0.05, 0) is 30.7 Å². The Hall–Kier alpha value is -3.12. The number of hydrogen-bond acceptors (Lipinski definition) is 5. The van der Waals surface area contributed by atoms with Crippen molar-refractivity contribution in [3.8, 4) is 5.75 Å². The maximum absolute atomic E-state index is 13.2. The minimum Gasteiger partial charge on any atom is -0.489 e. The van der Waals surface area contributed by atoms with Crippen molar-refractivity contribution in [2.75, 3.05) is 13.2 Å². The van der Waals surface area contributed by atoms with E-state index in [0.29, 0.717) is 60.7 Å². The van der Waals surface area contributed by atoms with Crippen molar-refractivity contribution < 1.29 is 23.5 Å². The molecule has 0 N–H and O–H groups in total. The van der Waals surface area contributed by atoms with Crippen molar-refractivity contribution in [1.82, 2.24) is 4.90 Å². The molecular formula is C23H21NO5. The number of fused-ring (bicyclic) bond motifs is 1. The summed E-state index contributed by atoms with van der Waals surface area (Å²) in [5.41, 5.74) is 1.41. The first kappa shape index (κ1) is 17.9. The zero-order valence-corrected chi connectivity index (χ0v) is 16.1. The number of aryl methyl sites for hydroxylation is 1. The van der Waals surface area contributed by atoms with E-state index in [1.54, 1.807) is 13.0 Å². The Morgan fingerprint density at radius 2 is 1.90 bits per heavy atom. The maximum Gasteiger partial charge on any atom is 0.265 e. The number of furan rings is 1. The van der Waals surface area contributed by atoms with Crippen LogP contribution in [0.4, 0.5) is 0 Å². The Balaban J connectivity index is 1.44. The fourth-order valence-electron chi connectivity index (χ4n) is 4.13. The normalized spacial score (nSPS) is 17.7. The van der Waals surface area contributed by atoms with Crippen LogP contribution in [-0.2, 0) is 16.1 Å². The third kappa shape index (κ3) is 2.91. The summed E-state index contributed by atoms with van der Waals surface area (Å²) >= 11 is 0. The maximum atomic E-state index is 13.2. The van der Waals surface area contributed by atoms with Crippen molar-refractivity contribution in [3.05, 3.63) is 65.4 Å². The molecule has 2 aromatic carbocycles. The van der Waals surface area contributed by atoms with E-state index in [2.05, 4.69) is 0 Å². The van der Waals surface area contributed by atoms with Crippen molar-refractivity contribution in [2.45, 2.75) is 31.9 Å². The van der Waals surface area contributed by atoms with Crippen molar-refractivity contribution >= 4 is 22.8 Å². The van der Waals surface area contributed by atoms with Gasteiger partial charge in [0, 0.05) is 31.4 Å². The molecule has 3 aromatic rings. The number of amides is 2. The zero-order valence-electron chi connectivity index (χ0n) is 16.1. The first-order valence-corrected chi connectivity index (χ1v) is 9.77. The van der Waals surface area contributed by atoms with E-state index in [1.165, 1.54) is 4.90 Å². The molecule has 2 saturated heterocycles. The highest BCUT2D eigenvalue weighted by Gasteiger charge is 2.66. The van der Waals surface area contributed by atoms with Gasteiger partial charge in [-0.1, -0.05) is 30.3 Å². The molecule has 6 nitrogen and oxygen atoms in total. The standard InChI is InChI=1S/C23H21NO5/c1-15-20(21(25)24-22(26)23(24)9-11-27-12-10-23)18-13-17(7-8-19(18)29-15)28-14-16-5-3-2-4-6-16/h2-8,13H,9-12,14H2,1H3. The molecule has 0 aliphatic carbocycles. The van der Waals surface area contributed by atoms with Gasteiger partial charge in [-0.25, -0.2) is 0 Å². The van der Waals surface area contributed by atoms with Crippen molar-refractivity contribution in [2.24, 2.45) is 0 Å². The van der Waals surface area contributed by atoms with Gasteiger partial charge in [-0.15, -0.1) is 0 Å². The molecule has 5 rings (SSSR count). The molecule has 148 valence electrons. The number of hydrogen-bond donors (Lipinski definition) is 0. The summed E-state index contributed by atoms with van der Waals surface area (Å²) in [6, 6.07) is 15.3. The number of carbonyl (C=O) groups is 2. The number of imide groups is 1. The first-order valence-electron chi connectivity index (χ1n) is 9.77. The smallest absolute Gasteiger partial charge is 0.265 e. The topological polar surface area (TPSA) is 68.8 Å². The lowest BCUT2D eigenvalue weighted by Crippen LogP contribution is -2.30. The summed E-state index contributed by atoms with van der Waals surface area (Å²) in [6.45, 7) is 3.18. The summed E-state index contributed by atoms with van der Waals surface area (Å²) in [6.07, 6.45) is 1.11. The lowest BCUT2D eigenvalue weighted by Gasteiger charge is -2.19. The number of carbonyl (C=O) groups excluding carboxylic acids is 2. The van der Waals surface area contributed by atoms with Crippen LogP contribution in [0.5, 0.6) is 5.75 Å². The largest absolute Gasteiger partial charge is 0.489 e. The van der Waals surface area contributed by atoms with Crippen LogP contribution in [0.25, 0.3) is 11.0 Å². The molecule has 2 aliphatic heterocycles. The minimum atomic E-state index is -0.688. The van der Waals surface area contributed by atoms with Gasteiger partial charge in [0.1, 0.15) is 29.2 Å². The van der Waals surface area contributed by atoms with Crippen LogP contribution in [0.15, 0.2) is 52.9 Å². The second-order valence-electron chi connectivity index (χ2n) is 7.56. The predicted molar refractivity (Wildman–Crippen MR) is 106 cm³/mol. The molecule has 1 spiro atoms. The lowest BCUT2D eigenvalue weighted by molar-refractivity contribution is -0.114. The molecule has 6 heteroatoms. The Morgan fingerprint density at radius 3 is 2.66 bits per heavy atom. The highest BCUT2D eigenvalue weighted by Crippen LogP contribution is 2.45. The van der Waals surface area contributed by atoms with Gasteiger partial charge in [0.05, 0.1) is 5.56 Å². The SMILES string of the molecule is Cc1oc2ccc(OCc3ccccc3)cc2c1C(=O)N1C(=O)C12CCOCC2. The second kappa shape index (κ2) is 6.74. The third-order valence-corrected chi connectivity index (χ3v) is 5.80. The third-order valence-electron chi connectivity index (χ3n) is 5.80. The van der Waals surface area contributed by atoms with Gasteiger partial charge in [0.25, 0.3) is 11.8 Å². The molecular weight excluding hydrogens is 370 g/mol. The average Bonchev–Trinajstić information content (AvgIpc) is 3.13. The van der Waals surface area contributed by atoms with Gasteiger partial charge in [0.15, 0.2) is 0 Å². The van der Waals surface area contributed by atoms with Crippen LogP contribution in [0.1, 0.15) is 34.5 Å². The quantitative estimate of drug-likeness (QED) is 0.499. The molecule has 0 radical (unpaired) electrons. The summed E-state index contributed by atoms with van der Waals surface area (Å²) < 4.78 is 17.0. The van der Waals surface area contributed by atoms with Crippen LogP contribution in [0.3, 0.4) is 0 Å². The second-order valence-corrected chi connectivity index (χ2v) is 7.56. The van der Waals surface area contributed by atoms with Gasteiger partial charge < -0.3 is 13.9 Å². The van der Waals surface area contributed by atoms with E-state index in [-0.39, 0.29) is 11.8 Å². The average molecular weight is 391 g/mol. The fraction of sp³-hybridized carbons (Fsp3) is 0.304. The Morgan fingerprint density at radius 1 is 1.14 bits per heavy atom. The van der Waals surface area contributed by atoms with Crippen molar-refractivity contribution in [1.29, 1.82) is 0 Å². The highest BCUT2D eigenvalue weighted by atomic mass is 16.5. The van der Waals surface area contributed by atoms with Crippen molar-refractivity contribution in [3.63, 3.8) is 0 Å². The Bertz CT molecular complexity index is 1100. The fourth-order valence-corrected chi connectivity index (χ4v) is 4.13. The van der Waals surface area contributed by atoms with Crippen LogP contribution in [0.2, 0.25) is 0 Å². The van der Waals surface area contributed by atoms with Crippen LogP contribution < -0.4 is 4.74 Å². The molecule has 0 saturated carbocycles. The molecule has 2 fully saturated rings. The van der Waals surface area contributed by atoms with E-state index in [1.807, 2.05) is 42.5 Å². The molecule has 2 amide bonds. The number of nitrogens with zero attached hydrogens (tertiary/aromatic N) is 1. The number of benzene rings is 2. The molecule has 0 unspecified atom stereocenters. The lowest BCUT2D eigenvalue weighted by atomic mass is 9.99. The molecule has 29 heavy (non-hydrogen) atoms. The van der Waals surface area contributed by atoms with Gasteiger partial charge >= 0.3 is 0 Å². The highest BCUT2D eigenvalue weighted by molar-refractivity contribution is 6.23. The number of rotatable bonds is 4. The van der Waals surface area contributed by atoms with Crippen LogP contribution in [-0.4, -0.2) is 35.5 Å². The predicted octanol–water partition coefficient (Wildman–Crippen LogP) is 3.85. The summed E-state index contributed by atoms with van der Waals surface area (Å²) in [4.78, 5) is 27.1. The van der Waals surface area contributed by atoms with Gasteiger partial charge in [-0.3, -0.25) is 14.5 Å². The van der Waals surface area contributed by atoms with E-state index in [0.717, 1.165) is 5.56 Å². The molecule has 2 aliphatic rings. The van der Waals surface area contributed by atoms with Gasteiger partial charge in [0.2, 0.25) is 0 Å².